The molecule has 2 N–H and O–H groups in total. The molecule has 2 aliphatic rings. The van der Waals surface area contributed by atoms with E-state index in [1.54, 1.807) is 6.07 Å². The molecule has 6 nitrogen and oxygen atoms in total. The molecule has 6 heteroatoms. The molecule has 0 radical (unpaired) electrons. The zero-order valence-electron chi connectivity index (χ0n) is 17.9. The molecule has 0 amide bonds. The molecule has 4 rings (SSSR count). The quantitative estimate of drug-likeness (QED) is 0.590. The molecule has 2 heterocycles. The number of hydrogen-bond acceptors (Lipinski definition) is 4. The number of phenolic OH excluding ortho intramolecular Hbond substituents is 1. The Morgan fingerprint density at radius 1 is 0.900 bits per heavy atom. The number of phenols is 1. The standard InChI is InChI=1S/C24H33N5O/c1-25-24(29-16-14-28(15-17-29)22-6-2-3-7-23(22)30)26-18-20-8-10-21(11-9-20)19-27-12-4-5-13-27/h2-3,6-11,30H,4-5,12-19H2,1H3,(H,25,26). The first-order valence-corrected chi connectivity index (χ1v) is 11.0. The highest BCUT2D eigenvalue weighted by Crippen LogP contribution is 2.27. The van der Waals surface area contributed by atoms with Crippen LogP contribution in [0.1, 0.15) is 24.0 Å². The van der Waals surface area contributed by atoms with Crippen LogP contribution >= 0.6 is 0 Å². The minimum atomic E-state index is 0.349. The number of nitrogens with zero attached hydrogens (tertiary/aromatic N) is 4. The van der Waals surface area contributed by atoms with Crippen molar-refractivity contribution in [3.8, 4) is 5.75 Å². The van der Waals surface area contributed by atoms with Crippen molar-refractivity contribution in [2.45, 2.75) is 25.9 Å². The van der Waals surface area contributed by atoms with E-state index in [1.807, 2.05) is 25.2 Å². The van der Waals surface area contributed by atoms with Gasteiger partial charge < -0.3 is 20.2 Å². The maximum Gasteiger partial charge on any atom is 0.194 e. The first kappa shape index (κ1) is 20.5. The third-order valence-corrected chi connectivity index (χ3v) is 6.09. The summed E-state index contributed by atoms with van der Waals surface area (Å²) in [5, 5.41) is 13.6. The molecular weight excluding hydrogens is 374 g/mol. The molecule has 2 aromatic rings. The zero-order chi connectivity index (χ0) is 20.8. The van der Waals surface area contributed by atoms with Crippen molar-refractivity contribution in [3.05, 3.63) is 59.7 Å². The molecule has 0 unspecified atom stereocenters. The van der Waals surface area contributed by atoms with Gasteiger partial charge in [0.15, 0.2) is 5.96 Å². The van der Waals surface area contributed by atoms with Crippen molar-refractivity contribution < 1.29 is 5.11 Å². The monoisotopic (exact) mass is 407 g/mol. The SMILES string of the molecule is CN=C(NCc1ccc(CN2CCCC2)cc1)N1CCN(c2ccccc2O)CC1. The number of aromatic hydroxyl groups is 1. The highest BCUT2D eigenvalue weighted by atomic mass is 16.3. The Labute approximate surface area is 179 Å². The number of para-hydroxylation sites is 2. The number of rotatable bonds is 5. The normalized spacial score (nSPS) is 18.1. The van der Waals surface area contributed by atoms with Gasteiger partial charge in [-0.2, -0.15) is 0 Å². The third-order valence-electron chi connectivity index (χ3n) is 6.09. The van der Waals surface area contributed by atoms with Crippen LogP contribution in [0.3, 0.4) is 0 Å². The molecular formula is C24H33N5O. The summed E-state index contributed by atoms with van der Waals surface area (Å²) in [5.41, 5.74) is 3.58. The summed E-state index contributed by atoms with van der Waals surface area (Å²) in [5.74, 6) is 1.29. The number of guanidine groups is 1. The second-order valence-corrected chi connectivity index (χ2v) is 8.16. The number of anilines is 1. The molecule has 0 aromatic heterocycles. The number of nitrogens with one attached hydrogen (secondary N) is 1. The molecule has 30 heavy (non-hydrogen) atoms. The van der Waals surface area contributed by atoms with Crippen molar-refractivity contribution in [1.29, 1.82) is 0 Å². The number of aliphatic imine (C=N–C) groups is 1. The van der Waals surface area contributed by atoms with E-state index in [9.17, 15) is 5.11 Å². The summed E-state index contributed by atoms with van der Waals surface area (Å²) in [4.78, 5) is 11.5. The van der Waals surface area contributed by atoms with E-state index >= 15 is 0 Å². The van der Waals surface area contributed by atoms with Gasteiger partial charge in [-0.15, -0.1) is 0 Å². The Bertz CT molecular complexity index is 837. The molecule has 2 fully saturated rings. The smallest absolute Gasteiger partial charge is 0.194 e. The summed E-state index contributed by atoms with van der Waals surface area (Å²) in [6.45, 7) is 7.79. The Kier molecular flexibility index (Phi) is 6.74. The van der Waals surface area contributed by atoms with Crippen LogP contribution in [0, 0.1) is 0 Å². The number of benzene rings is 2. The molecule has 160 valence electrons. The van der Waals surface area contributed by atoms with Crippen molar-refractivity contribution in [1.82, 2.24) is 15.1 Å². The zero-order valence-corrected chi connectivity index (χ0v) is 17.9. The van der Waals surface area contributed by atoms with E-state index in [0.717, 1.165) is 50.9 Å². The Balaban J connectivity index is 1.26. The highest BCUT2D eigenvalue weighted by Gasteiger charge is 2.21. The molecule has 0 atom stereocenters. The lowest BCUT2D eigenvalue weighted by atomic mass is 10.1. The van der Waals surface area contributed by atoms with Crippen molar-refractivity contribution in [2.24, 2.45) is 4.99 Å². The molecule has 0 saturated carbocycles. The second kappa shape index (κ2) is 9.85. The number of piperazine rings is 1. The van der Waals surface area contributed by atoms with Gasteiger partial charge in [0.2, 0.25) is 0 Å². The minimum absolute atomic E-state index is 0.349. The fraction of sp³-hybridized carbons (Fsp3) is 0.458. The number of hydrogen-bond donors (Lipinski definition) is 2. The van der Waals surface area contributed by atoms with Gasteiger partial charge in [-0.05, 0) is 49.2 Å². The topological polar surface area (TPSA) is 54.3 Å². The van der Waals surface area contributed by atoms with Gasteiger partial charge in [0.05, 0.1) is 5.69 Å². The number of likely N-dealkylation sites (tertiary alicyclic amines) is 1. The molecule has 2 aliphatic heterocycles. The Morgan fingerprint density at radius 3 is 2.23 bits per heavy atom. The van der Waals surface area contributed by atoms with Crippen LogP contribution < -0.4 is 10.2 Å². The van der Waals surface area contributed by atoms with Crippen LogP contribution in [0.25, 0.3) is 0 Å². The van der Waals surface area contributed by atoms with Gasteiger partial charge in [0.1, 0.15) is 5.75 Å². The van der Waals surface area contributed by atoms with Crippen LogP contribution in [0.2, 0.25) is 0 Å². The van der Waals surface area contributed by atoms with E-state index in [-0.39, 0.29) is 0 Å². The maximum atomic E-state index is 10.1. The largest absolute Gasteiger partial charge is 0.506 e. The first-order chi connectivity index (χ1) is 14.7. The van der Waals surface area contributed by atoms with Crippen molar-refractivity contribution >= 4 is 11.6 Å². The Hall–Kier alpha value is -2.73. The summed E-state index contributed by atoms with van der Waals surface area (Å²) < 4.78 is 0. The van der Waals surface area contributed by atoms with Gasteiger partial charge >= 0.3 is 0 Å². The summed E-state index contributed by atoms with van der Waals surface area (Å²) >= 11 is 0. The fourth-order valence-corrected chi connectivity index (χ4v) is 4.37. The predicted molar refractivity (Wildman–Crippen MR) is 123 cm³/mol. The van der Waals surface area contributed by atoms with Gasteiger partial charge in [-0.1, -0.05) is 36.4 Å². The van der Waals surface area contributed by atoms with E-state index in [1.165, 1.54) is 37.1 Å². The van der Waals surface area contributed by atoms with Gasteiger partial charge in [0, 0.05) is 46.3 Å². The fourth-order valence-electron chi connectivity index (χ4n) is 4.37. The molecule has 2 saturated heterocycles. The van der Waals surface area contributed by atoms with Gasteiger partial charge in [0.25, 0.3) is 0 Å². The third kappa shape index (κ3) is 5.05. The molecule has 2 aromatic carbocycles. The van der Waals surface area contributed by atoms with Crippen LogP contribution in [0.5, 0.6) is 5.75 Å². The lowest BCUT2D eigenvalue weighted by molar-refractivity contribution is 0.331. The predicted octanol–water partition coefficient (Wildman–Crippen LogP) is 2.89. The molecule has 0 aliphatic carbocycles. The molecule has 0 spiro atoms. The lowest BCUT2D eigenvalue weighted by Crippen LogP contribution is -2.52. The van der Waals surface area contributed by atoms with Crippen LogP contribution in [-0.4, -0.2) is 67.2 Å². The van der Waals surface area contributed by atoms with E-state index in [0.29, 0.717) is 5.75 Å². The second-order valence-electron chi connectivity index (χ2n) is 8.16. The average molecular weight is 408 g/mol. The summed E-state index contributed by atoms with van der Waals surface area (Å²) in [6.07, 6.45) is 2.67. The summed E-state index contributed by atoms with van der Waals surface area (Å²) in [7, 11) is 1.84. The first-order valence-electron chi connectivity index (χ1n) is 11.0. The van der Waals surface area contributed by atoms with Gasteiger partial charge in [-0.3, -0.25) is 9.89 Å². The van der Waals surface area contributed by atoms with Crippen LogP contribution in [0.4, 0.5) is 5.69 Å². The lowest BCUT2D eigenvalue weighted by Gasteiger charge is -2.37. The van der Waals surface area contributed by atoms with Gasteiger partial charge in [-0.25, -0.2) is 0 Å². The maximum absolute atomic E-state index is 10.1. The van der Waals surface area contributed by atoms with E-state index < -0.39 is 0 Å². The molecule has 0 bridgehead atoms. The van der Waals surface area contributed by atoms with Crippen molar-refractivity contribution in [3.63, 3.8) is 0 Å². The highest BCUT2D eigenvalue weighted by molar-refractivity contribution is 5.80. The minimum Gasteiger partial charge on any atom is -0.506 e. The van der Waals surface area contributed by atoms with E-state index in [4.69, 9.17) is 0 Å². The van der Waals surface area contributed by atoms with Crippen molar-refractivity contribution in [2.75, 3.05) is 51.2 Å². The Morgan fingerprint density at radius 2 is 1.57 bits per heavy atom. The van der Waals surface area contributed by atoms with Crippen LogP contribution in [-0.2, 0) is 13.1 Å². The summed E-state index contributed by atoms with van der Waals surface area (Å²) in [6, 6.07) is 16.5. The van der Waals surface area contributed by atoms with Crippen LogP contribution in [0.15, 0.2) is 53.5 Å². The van der Waals surface area contributed by atoms with E-state index in [2.05, 4.69) is 49.3 Å². The average Bonchev–Trinajstić information content (AvgIpc) is 3.29.